The zero-order chi connectivity index (χ0) is 23.8. The van der Waals surface area contributed by atoms with Crippen LogP contribution in [0.25, 0.3) is 10.8 Å². The lowest BCUT2D eigenvalue weighted by atomic mass is 10.1. The molecule has 0 aromatic heterocycles. The van der Waals surface area contributed by atoms with Crippen molar-refractivity contribution in [1.29, 1.82) is 0 Å². The van der Waals surface area contributed by atoms with Crippen molar-refractivity contribution in [2.75, 3.05) is 26.2 Å². The number of likely N-dealkylation sites (tertiary alicyclic amines) is 1. The van der Waals surface area contributed by atoms with Crippen molar-refractivity contribution < 1.29 is 9.53 Å². The third-order valence-electron chi connectivity index (χ3n) is 6.94. The largest absolute Gasteiger partial charge is 0.494 e. The van der Waals surface area contributed by atoms with Crippen molar-refractivity contribution in [3.05, 3.63) is 77.9 Å². The van der Waals surface area contributed by atoms with Crippen molar-refractivity contribution in [2.45, 2.75) is 58.5 Å². The Morgan fingerprint density at radius 1 is 0.971 bits per heavy atom. The molecule has 1 fully saturated rings. The van der Waals surface area contributed by atoms with Gasteiger partial charge in [-0.05, 0) is 79.1 Å². The molecule has 0 radical (unpaired) electrons. The quantitative estimate of drug-likeness (QED) is 0.327. The highest BCUT2D eigenvalue weighted by Gasteiger charge is 2.28. The van der Waals surface area contributed by atoms with Crippen molar-refractivity contribution in [1.82, 2.24) is 9.80 Å². The van der Waals surface area contributed by atoms with Crippen LogP contribution >= 0.6 is 0 Å². The minimum Gasteiger partial charge on any atom is -0.494 e. The minimum absolute atomic E-state index is 0.185. The predicted molar refractivity (Wildman–Crippen MR) is 140 cm³/mol. The SMILES string of the molecule is CCN(C(C)=O)C1CCN(Cc2ccc3cc(OCCCCCc4ccccc4)ccc3c2)C1. The standard InChI is InChI=1S/C30H38N2O2/c1-3-32(24(2)33)29-17-18-31(23-29)22-26-13-14-28-21-30(16-15-27(28)20-26)34-19-9-5-8-12-25-10-6-4-7-11-25/h4,6-7,10-11,13-16,20-21,29H,3,5,8-9,12,17-19,22-23H2,1-2H3. The second-order valence-corrected chi connectivity index (χ2v) is 9.47. The van der Waals surface area contributed by atoms with Crippen LogP contribution < -0.4 is 4.74 Å². The summed E-state index contributed by atoms with van der Waals surface area (Å²) in [6.45, 7) is 8.25. The molecule has 0 saturated carbocycles. The van der Waals surface area contributed by atoms with Crippen molar-refractivity contribution in [3.63, 3.8) is 0 Å². The molecule has 1 unspecified atom stereocenters. The maximum Gasteiger partial charge on any atom is 0.219 e. The van der Waals surface area contributed by atoms with Crippen LogP contribution in [0.4, 0.5) is 0 Å². The fraction of sp³-hybridized carbons (Fsp3) is 0.433. The molecule has 180 valence electrons. The number of ether oxygens (including phenoxy) is 1. The third kappa shape index (κ3) is 6.60. The number of unbranched alkanes of at least 4 members (excludes halogenated alkanes) is 2. The number of carbonyl (C=O) groups excluding carboxylic acids is 1. The monoisotopic (exact) mass is 458 g/mol. The number of aryl methyl sites for hydroxylation is 1. The summed E-state index contributed by atoms with van der Waals surface area (Å²) in [5.74, 6) is 1.14. The molecule has 0 aliphatic carbocycles. The average Bonchev–Trinajstić information content (AvgIpc) is 3.30. The number of likely N-dealkylation sites (N-methyl/N-ethyl adjacent to an activating group) is 1. The van der Waals surface area contributed by atoms with Gasteiger partial charge < -0.3 is 9.64 Å². The summed E-state index contributed by atoms with van der Waals surface area (Å²) >= 11 is 0. The Morgan fingerprint density at radius 3 is 2.56 bits per heavy atom. The van der Waals surface area contributed by atoms with Gasteiger partial charge in [0.15, 0.2) is 0 Å². The lowest BCUT2D eigenvalue weighted by Crippen LogP contribution is -2.40. The average molecular weight is 459 g/mol. The van der Waals surface area contributed by atoms with Crippen LogP contribution in [-0.4, -0.2) is 48.0 Å². The first kappa shape index (κ1) is 24.3. The topological polar surface area (TPSA) is 32.8 Å². The predicted octanol–water partition coefficient (Wildman–Crippen LogP) is 6.07. The first-order valence-corrected chi connectivity index (χ1v) is 12.8. The molecule has 1 saturated heterocycles. The molecule has 1 heterocycles. The van der Waals surface area contributed by atoms with Gasteiger partial charge in [-0.15, -0.1) is 0 Å². The number of hydrogen-bond acceptors (Lipinski definition) is 3. The highest BCUT2D eigenvalue weighted by Crippen LogP contribution is 2.24. The molecule has 1 aliphatic rings. The molecular formula is C30H38N2O2. The van der Waals surface area contributed by atoms with E-state index in [4.69, 9.17) is 4.74 Å². The molecule has 3 aromatic rings. The molecular weight excluding hydrogens is 420 g/mol. The van der Waals surface area contributed by atoms with Gasteiger partial charge in [-0.3, -0.25) is 9.69 Å². The van der Waals surface area contributed by atoms with E-state index >= 15 is 0 Å². The molecule has 0 spiro atoms. The van der Waals surface area contributed by atoms with Crippen LogP contribution in [0.2, 0.25) is 0 Å². The Balaban J connectivity index is 1.23. The van der Waals surface area contributed by atoms with E-state index in [0.29, 0.717) is 6.04 Å². The number of fused-ring (bicyclic) bond motifs is 1. The Kier molecular flexibility index (Phi) is 8.59. The molecule has 1 aliphatic heterocycles. The molecule has 1 atom stereocenters. The second-order valence-electron chi connectivity index (χ2n) is 9.47. The number of benzene rings is 3. The molecule has 0 N–H and O–H groups in total. The van der Waals surface area contributed by atoms with E-state index in [1.54, 1.807) is 6.92 Å². The molecule has 4 rings (SSSR count). The number of carbonyl (C=O) groups is 1. The molecule has 0 bridgehead atoms. The number of nitrogens with zero attached hydrogens (tertiary/aromatic N) is 2. The summed E-state index contributed by atoms with van der Waals surface area (Å²) in [7, 11) is 0. The minimum atomic E-state index is 0.185. The van der Waals surface area contributed by atoms with E-state index in [0.717, 1.165) is 57.8 Å². The van der Waals surface area contributed by atoms with Crippen molar-refractivity contribution >= 4 is 16.7 Å². The van der Waals surface area contributed by atoms with Crippen molar-refractivity contribution in [3.8, 4) is 5.75 Å². The third-order valence-corrected chi connectivity index (χ3v) is 6.94. The van der Waals surface area contributed by atoms with Crippen LogP contribution in [0.3, 0.4) is 0 Å². The molecule has 4 heteroatoms. The van der Waals surface area contributed by atoms with Gasteiger partial charge in [0.05, 0.1) is 6.61 Å². The number of rotatable bonds is 11. The van der Waals surface area contributed by atoms with E-state index in [1.165, 1.54) is 34.7 Å². The second kappa shape index (κ2) is 12.0. The summed E-state index contributed by atoms with van der Waals surface area (Å²) in [4.78, 5) is 16.3. The van der Waals surface area contributed by atoms with E-state index in [9.17, 15) is 4.79 Å². The van der Waals surface area contributed by atoms with Crippen LogP contribution in [0.1, 0.15) is 50.7 Å². The summed E-state index contributed by atoms with van der Waals surface area (Å²) < 4.78 is 6.03. The van der Waals surface area contributed by atoms with Crippen LogP contribution in [0.15, 0.2) is 66.7 Å². The van der Waals surface area contributed by atoms with E-state index in [2.05, 4.69) is 78.6 Å². The van der Waals surface area contributed by atoms with Gasteiger partial charge in [-0.25, -0.2) is 0 Å². The van der Waals surface area contributed by atoms with Gasteiger partial charge >= 0.3 is 0 Å². The van der Waals surface area contributed by atoms with Gasteiger partial charge in [-0.2, -0.15) is 0 Å². The zero-order valence-corrected chi connectivity index (χ0v) is 20.7. The Bertz CT molecular complexity index is 1070. The smallest absolute Gasteiger partial charge is 0.219 e. The van der Waals surface area contributed by atoms with Gasteiger partial charge in [0.2, 0.25) is 5.91 Å². The first-order valence-electron chi connectivity index (χ1n) is 12.8. The first-order chi connectivity index (χ1) is 16.6. The Morgan fingerprint density at radius 2 is 1.76 bits per heavy atom. The summed E-state index contributed by atoms with van der Waals surface area (Å²) in [6, 6.07) is 24.2. The van der Waals surface area contributed by atoms with Gasteiger partial charge in [0, 0.05) is 39.1 Å². The molecule has 1 amide bonds. The van der Waals surface area contributed by atoms with Gasteiger partial charge in [-0.1, -0.05) is 48.5 Å². The van der Waals surface area contributed by atoms with Crippen LogP contribution in [0, 0.1) is 0 Å². The highest BCUT2D eigenvalue weighted by molar-refractivity contribution is 5.84. The fourth-order valence-corrected chi connectivity index (χ4v) is 5.11. The summed E-state index contributed by atoms with van der Waals surface area (Å²) in [6.07, 6.45) is 5.68. The molecule has 3 aromatic carbocycles. The number of amides is 1. The zero-order valence-electron chi connectivity index (χ0n) is 20.7. The van der Waals surface area contributed by atoms with E-state index in [1.807, 2.05) is 4.90 Å². The van der Waals surface area contributed by atoms with Crippen molar-refractivity contribution in [2.24, 2.45) is 0 Å². The van der Waals surface area contributed by atoms with Crippen LogP contribution in [0.5, 0.6) is 5.75 Å². The summed E-state index contributed by atoms with van der Waals surface area (Å²) in [5, 5.41) is 2.47. The maximum atomic E-state index is 11.9. The van der Waals surface area contributed by atoms with E-state index in [-0.39, 0.29) is 5.91 Å². The Labute approximate surface area is 204 Å². The molecule has 34 heavy (non-hydrogen) atoms. The molecule has 4 nitrogen and oxygen atoms in total. The fourth-order valence-electron chi connectivity index (χ4n) is 5.11. The van der Waals surface area contributed by atoms with Crippen LogP contribution in [-0.2, 0) is 17.8 Å². The van der Waals surface area contributed by atoms with Gasteiger partial charge in [0.1, 0.15) is 5.75 Å². The van der Waals surface area contributed by atoms with E-state index < -0.39 is 0 Å². The normalized spacial score (nSPS) is 16.1. The lowest BCUT2D eigenvalue weighted by Gasteiger charge is -2.26. The summed E-state index contributed by atoms with van der Waals surface area (Å²) in [5.41, 5.74) is 2.74. The number of hydrogen-bond donors (Lipinski definition) is 0. The Hall–Kier alpha value is -2.85. The maximum absolute atomic E-state index is 11.9. The highest BCUT2D eigenvalue weighted by atomic mass is 16.5. The lowest BCUT2D eigenvalue weighted by molar-refractivity contribution is -0.130. The van der Waals surface area contributed by atoms with Gasteiger partial charge in [0.25, 0.3) is 0 Å².